The van der Waals surface area contributed by atoms with Crippen molar-refractivity contribution in [3.05, 3.63) is 148 Å². The molecule has 0 amide bonds. The number of allylic oxidation sites excluding steroid dienone is 10. The third-order valence-corrected chi connectivity index (χ3v) is 8.98. The molecule has 1 unspecified atom stereocenters. The molecule has 1 atom stereocenters. The monoisotopic (exact) mass is 658 g/mol. The lowest BCUT2D eigenvalue weighted by molar-refractivity contribution is -0.297. The van der Waals surface area contributed by atoms with Gasteiger partial charge in [0.25, 0.3) is 0 Å². The molecule has 2 heterocycles. The molecule has 2 aromatic carbocycles. The smallest absolute Gasteiger partial charge is 0.232 e. The van der Waals surface area contributed by atoms with Crippen LogP contribution in [-0.2, 0) is 19.1 Å². The highest BCUT2D eigenvalue weighted by molar-refractivity contribution is 6.53. The average molecular weight is 659 g/mol. The van der Waals surface area contributed by atoms with Crippen LogP contribution in [0.2, 0.25) is 0 Å². The van der Waals surface area contributed by atoms with Crippen molar-refractivity contribution < 1.29 is 24.2 Å². The second kappa shape index (κ2) is 14.4. The van der Waals surface area contributed by atoms with Crippen molar-refractivity contribution in [3.63, 3.8) is 0 Å². The highest BCUT2D eigenvalue weighted by Gasteiger charge is 2.35. The molecule has 3 aliphatic rings. The molecular weight excluding hydrogens is 610 g/mol. The van der Waals surface area contributed by atoms with E-state index in [1.54, 1.807) is 12.2 Å². The highest BCUT2D eigenvalue weighted by atomic mass is 16.5. The molecule has 0 saturated heterocycles. The fourth-order valence-corrected chi connectivity index (χ4v) is 6.27. The van der Waals surface area contributed by atoms with E-state index in [0.717, 1.165) is 28.9 Å². The normalized spacial score (nSPS) is 20.5. The van der Waals surface area contributed by atoms with Crippen LogP contribution in [-0.4, -0.2) is 36.7 Å². The van der Waals surface area contributed by atoms with E-state index in [4.69, 9.17) is 9.47 Å². The van der Waals surface area contributed by atoms with Crippen LogP contribution < -0.4 is 5.11 Å². The van der Waals surface area contributed by atoms with Crippen molar-refractivity contribution in [2.45, 2.75) is 61.0 Å². The topological polar surface area (TPSA) is 78.9 Å². The second-order valence-electron chi connectivity index (χ2n) is 15.1. The molecule has 0 radical (unpaired) electrons. The first-order valence-electron chi connectivity index (χ1n) is 17.1. The molecule has 0 spiro atoms. The van der Waals surface area contributed by atoms with Crippen LogP contribution in [0, 0.1) is 16.7 Å². The van der Waals surface area contributed by atoms with Crippen molar-refractivity contribution in [1.29, 1.82) is 0 Å². The largest absolute Gasteiger partial charge is 0.871 e. The molecular formula is C43H48NO5-. The molecule has 2 aromatic rings. The Balaban J connectivity index is 1.55. The van der Waals surface area contributed by atoms with Gasteiger partial charge >= 0.3 is 0 Å². The minimum Gasteiger partial charge on any atom is -0.871 e. The summed E-state index contributed by atoms with van der Waals surface area (Å²) in [5.74, 6) is -0.999. The molecule has 5 rings (SSSR count). The Morgan fingerprint density at radius 3 is 2.14 bits per heavy atom. The highest BCUT2D eigenvalue weighted by Crippen LogP contribution is 2.42. The van der Waals surface area contributed by atoms with Gasteiger partial charge in [0.2, 0.25) is 11.6 Å². The minimum absolute atomic E-state index is 0.124. The van der Waals surface area contributed by atoms with E-state index < -0.39 is 23.4 Å². The van der Waals surface area contributed by atoms with Crippen LogP contribution in [0.1, 0.15) is 72.1 Å². The van der Waals surface area contributed by atoms with Crippen molar-refractivity contribution in [2.75, 3.05) is 20.3 Å². The number of hydrogen-bond acceptors (Lipinski definition) is 6. The summed E-state index contributed by atoms with van der Waals surface area (Å²) in [7, 11) is 2.04. The van der Waals surface area contributed by atoms with E-state index >= 15 is 0 Å². The molecule has 0 bridgehead atoms. The zero-order chi connectivity index (χ0) is 35.5. The molecule has 2 aliphatic heterocycles. The Morgan fingerprint density at radius 1 is 0.878 bits per heavy atom. The number of rotatable bonds is 10. The molecule has 6 nitrogen and oxygen atoms in total. The number of nitrogens with zero attached hydrogens (tertiary/aromatic N) is 1. The van der Waals surface area contributed by atoms with E-state index in [1.807, 2.05) is 85.9 Å². The summed E-state index contributed by atoms with van der Waals surface area (Å²) in [4.78, 5) is 29.0. The van der Waals surface area contributed by atoms with Crippen LogP contribution in [0.15, 0.2) is 137 Å². The summed E-state index contributed by atoms with van der Waals surface area (Å²) in [5.41, 5.74) is 4.29. The minimum atomic E-state index is -0.800. The lowest BCUT2D eigenvalue weighted by Gasteiger charge is -2.42. The number of ketones is 2. The maximum Gasteiger partial charge on any atom is 0.232 e. The van der Waals surface area contributed by atoms with Crippen LogP contribution >= 0.6 is 0 Å². The lowest BCUT2D eigenvalue weighted by Crippen LogP contribution is -2.37. The standard InChI is InChI=1S/C43H49NO5/c1-28(2)19-20-48-27-43(6,7)38-26-30(25-37(44(38)8)42(3,4)5)22-34-39(45)33(40(46)41(34)47)21-29-23-35(31-15-11-9-12-16-31)49-36(24-29)32-17-13-10-14-18-32/h9-18,21-26,28,35,45H,19-20,27H2,1-8H3/p-1/b30-22+,33-21+. The maximum atomic E-state index is 13.9. The Bertz CT molecular complexity index is 1810. The van der Waals surface area contributed by atoms with Crippen LogP contribution in [0.3, 0.4) is 0 Å². The average Bonchev–Trinajstić information content (AvgIpc) is 3.26. The van der Waals surface area contributed by atoms with Gasteiger partial charge in [0.15, 0.2) is 0 Å². The summed E-state index contributed by atoms with van der Waals surface area (Å²) in [6, 6.07) is 19.4. The Kier molecular flexibility index (Phi) is 10.5. The number of carbonyl (C=O) groups is 2. The number of hydrogen-bond donors (Lipinski definition) is 0. The van der Waals surface area contributed by atoms with E-state index in [2.05, 4.69) is 53.4 Å². The zero-order valence-electron chi connectivity index (χ0n) is 30.0. The van der Waals surface area contributed by atoms with Gasteiger partial charge in [-0.1, -0.05) is 115 Å². The number of carbonyl (C=O) groups excluding carboxylic acids is 2. The van der Waals surface area contributed by atoms with Crippen molar-refractivity contribution >= 4 is 17.3 Å². The Morgan fingerprint density at radius 2 is 1.51 bits per heavy atom. The summed E-state index contributed by atoms with van der Waals surface area (Å²) >= 11 is 0. The molecule has 49 heavy (non-hydrogen) atoms. The molecule has 0 N–H and O–H groups in total. The summed E-state index contributed by atoms with van der Waals surface area (Å²) in [6.07, 6.45) is 11.3. The predicted molar refractivity (Wildman–Crippen MR) is 193 cm³/mol. The van der Waals surface area contributed by atoms with Crippen molar-refractivity contribution in [3.8, 4) is 0 Å². The molecule has 0 fully saturated rings. The van der Waals surface area contributed by atoms with Gasteiger partial charge in [0, 0.05) is 52.6 Å². The quantitative estimate of drug-likeness (QED) is 0.146. The van der Waals surface area contributed by atoms with Crippen LogP contribution in [0.5, 0.6) is 0 Å². The fourth-order valence-electron chi connectivity index (χ4n) is 6.27. The van der Waals surface area contributed by atoms with E-state index in [0.29, 0.717) is 36.0 Å². The molecule has 1 aliphatic carbocycles. The zero-order valence-corrected chi connectivity index (χ0v) is 30.0. The van der Waals surface area contributed by atoms with Gasteiger partial charge in [-0.25, -0.2) is 0 Å². The summed E-state index contributed by atoms with van der Waals surface area (Å²) in [6.45, 7) is 16.2. The summed E-state index contributed by atoms with van der Waals surface area (Å²) < 4.78 is 12.5. The van der Waals surface area contributed by atoms with E-state index in [1.165, 1.54) is 6.08 Å². The first kappa shape index (κ1) is 35.6. The fraction of sp³-hybridized carbons (Fsp3) is 0.349. The van der Waals surface area contributed by atoms with Gasteiger partial charge in [0.1, 0.15) is 11.9 Å². The van der Waals surface area contributed by atoms with Gasteiger partial charge in [-0.2, -0.15) is 0 Å². The van der Waals surface area contributed by atoms with Gasteiger partial charge in [-0.05, 0) is 65.5 Å². The Hall–Kier alpha value is -4.68. The lowest BCUT2D eigenvalue weighted by atomic mass is 9.81. The SMILES string of the molecule is CC(C)CCOCC(C)(C)C1=C/C(=C/C2=C([O-])C(=C\C3=CC(c4ccccc4)OC(c4ccccc4)=C3)/C(=O)C2=O)C=C(C(C)(C)C)N1C. The van der Waals surface area contributed by atoms with Crippen molar-refractivity contribution in [1.82, 2.24) is 4.90 Å². The van der Waals surface area contributed by atoms with Gasteiger partial charge < -0.3 is 19.5 Å². The third kappa shape index (κ3) is 8.14. The van der Waals surface area contributed by atoms with Crippen LogP contribution in [0.25, 0.3) is 5.76 Å². The summed E-state index contributed by atoms with van der Waals surface area (Å²) in [5, 5.41) is 13.9. The van der Waals surface area contributed by atoms with Gasteiger partial charge in [0.05, 0.1) is 6.61 Å². The number of benzene rings is 2. The van der Waals surface area contributed by atoms with E-state index in [9.17, 15) is 14.7 Å². The predicted octanol–water partition coefficient (Wildman–Crippen LogP) is 8.19. The van der Waals surface area contributed by atoms with Crippen molar-refractivity contribution in [2.24, 2.45) is 16.7 Å². The first-order valence-corrected chi connectivity index (χ1v) is 17.1. The van der Waals surface area contributed by atoms with E-state index in [-0.39, 0.29) is 22.0 Å². The third-order valence-electron chi connectivity index (χ3n) is 8.98. The molecule has 0 saturated carbocycles. The first-order chi connectivity index (χ1) is 23.2. The Labute approximate surface area is 291 Å². The maximum absolute atomic E-state index is 13.9. The number of ether oxygens (including phenoxy) is 2. The molecule has 256 valence electrons. The molecule has 0 aromatic heterocycles. The van der Waals surface area contributed by atoms with Gasteiger partial charge in [-0.15, -0.1) is 0 Å². The number of Topliss-reactive ketones (excluding diaryl/α,β-unsaturated/α-hetero) is 2. The second-order valence-corrected chi connectivity index (χ2v) is 15.1. The van der Waals surface area contributed by atoms with Gasteiger partial charge in [-0.3, -0.25) is 9.59 Å². The molecule has 6 heteroatoms. The van der Waals surface area contributed by atoms with Crippen LogP contribution in [0.4, 0.5) is 0 Å².